The summed E-state index contributed by atoms with van der Waals surface area (Å²) in [7, 11) is 0. The molecule has 0 unspecified atom stereocenters. The summed E-state index contributed by atoms with van der Waals surface area (Å²) >= 11 is 1.33. The molecule has 1 aromatic heterocycles. The molecule has 2 aromatic carbocycles. The number of anilines is 2. The molecule has 1 aliphatic heterocycles. The van der Waals surface area contributed by atoms with Gasteiger partial charge in [-0.25, -0.2) is 14.8 Å². The number of aliphatic imine (C=N–C) groups is 1. The Bertz CT molecular complexity index is 1260. The van der Waals surface area contributed by atoms with Crippen LogP contribution in [0.4, 0.5) is 10.8 Å². The topological polar surface area (TPSA) is 71.9 Å². The van der Waals surface area contributed by atoms with Gasteiger partial charge < -0.3 is 4.74 Å². The number of cyclic esters (lactones) is 1. The van der Waals surface area contributed by atoms with Gasteiger partial charge >= 0.3 is 5.97 Å². The third kappa shape index (κ3) is 4.24. The van der Waals surface area contributed by atoms with E-state index < -0.39 is 5.97 Å². The lowest BCUT2D eigenvalue weighted by molar-refractivity contribution is -0.130. The molecule has 4 rings (SSSR count). The third-order valence-corrected chi connectivity index (χ3v) is 5.90. The Hall–Kier alpha value is -3.58. The van der Waals surface area contributed by atoms with E-state index in [9.17, 15) is 9.59 Å². The summed E-state index contributed by atoms with van der Waals surface area (Å²) in [6, 6.07) is 11.8. The molecule has 7 heteroatoms. The van der Waals surface area contributed by atoms with Crippen LogP contribution in [0.2, 0.25) is 0 Å². The van der Waals surface area contributed by atoms with Crippen LogP contribution >= 0.6 is 11.3 Å². The molecule has 0 aliphatic carbocycles. The van der Waals surface area contributed by atoms with E-state index in [1.165, 1.54) is 18.3 Å². The number of aromatic nitrogens is 1. The van der Waals surface area contributed by atoms with Crippen molar-refractivity contribution in [2.24, 2.45) is 4.99 Å². The number of benzene rings is 2. The van der Waals surface area contributed by atoms with Crippen molar-refractivity contribution in [3.63, 3.8) is 0 Å². The first-order valence-corrected chi connectivity index (χ1v) is 11.0. The molecule has 1 amide bonds. The first-order valence-electron chi connectivity index (χ1n) is 10.2. The molecule has 1 aliphatic rings. The molecule has 0 N–H and O–H groups in total. The van der Waals surface area contributed by atoms with Crippen LogP contribution in [0.15, 0.2) is 52.5 Å². The van der Waals surface area contributed by atoms with Crippen molar-refractivity contribution in [1.82, 2.24) is 4.98 Å². The first kappa shape index (κ1) is 21.6. The maximum atomic E-state index is 12.5. The average molecular weight is 446 g/mol. The highest BCUT2D eigenvalue weighted by molar-refractivity contribution is 7.14. The van der Waals surface area contributed by atoms with E-state index in [-0.39, 0.29) is 17.5 Å². The predicted octanol–water partition coefficient (Wildman–Crippen LogP) is 5.41. The molecular formula is C25H23N3O3S. The highest BCUT2D eigenvalue weighted by Crippen LogP contribution is 2.34. The van der Waals surface area contributed by atoms with Crippen molar-refractivity contribution in [3.05, 3.63) is 81.0 Å². The molecule has 0 saturated carbocycles. The van der Waals surface area contributed by atoms with Crippen LogP contribution in [0.1, 0.15) is 40.4 Å². The van der Waals surface area contributed by atoms with E-state index in [0.717, 1.165) is 33.5 Å². The summed E-state index contributed by atoms with van der Waals surface area (Å²) in [6.07, 6.45) is 1.58. The Kier molecular flexibility index (Phi) is 5.76. The second-order valence-electron chi connectivity index (χ2n) is 7.86. The van der Waals surface area contributed by atoms with E-state index in [0.29, 0.717) is 10.8 Å². The largest absolute Gasteiger partial charge is 0.402 e. The number of carbonyl (C=O) groups is 2. The van der Waals surface area contributed by atoms with Gasteiger partial charge in [-0.05, 0) is 57.0 Å². The van der Waals surface area contributed by atoms with E-state index in [1.54, 1.807) is 16.4 Å². The molecular weight excluding hydrogens is 422 g/mol. The fourth-order valence-electron chi connectivity index (χ4n) is 3.76. The fourth-order valence-corrected chi connectivity index (χ4v) is 4.59. The Morgan fingerprint density at radius 2 is 1.72 bits per heavy atom. The summed E-state index contributed by atoms with van der Waals surface area (Å²) in [4.78, 5) is 35.5. The van der Waals surface area contributed by atoms with Gasteiger partial charge in [-0.1, -0.05) is 35.4 Å². The minimum absolute atomic E-state index is 0.133. The van der Waals surface area contributed by atoms with Crippen LogP contribution in [-0.4, -0.2) is 22.8 Å². The molecule has 0 saturated heterocycles. The number of rotatable bonds is 4. The maximum absolute atomic E-state index is 12.5. The van der Waals surface area contributed by atoms with Gasteiger partial charge in [0.15, 0.2) is 10.8 Å². The smallest absolute Gasteiger partial charge is 0.363 e. The number of hydrogen-bond donors (Lipinski definition) is 0. The Balaban J connectivity index is 1.68. The number of aryl methyl sites for hydroxylation is 4. The molecule has 3 aromatic rings. The second-order valence-corrected chi connectivity index (χ2v) is 8.70. The average Bonchev–Trinajstić information content (AvgIpc) is 3.31. The Morgan fingerprint density at radius 3 is 2.34 bits per heavy atom. The summed E-state index contributed by atoms with van der Waals surface area (Å²) in [5.41, 5.74) is 6.40. The van der Waals surface area contributed by atoms with E-state index in [1.807, 2.05) is 64.1 Å². The van der Waals surface area contributed by atoms with Gasteiger partial charge in [0.2, 0.25) is 11.8 Å². The number of nitrogens with zero attached hydrogens (tertiary/aromatic N) is 3. The zero-order chi connectivity index (χ0) is 23.0. The molecule has 6 nitrogen and oxygen atoms in total. The van der Waals surface area contributed by atoms with E-state index in [4.69, 9.17) is 4.74 Å². The molecule has 0 radical (unpaired) electrons. The Morgan fingerprint density at radius 1 is 1.06 bits per heavy atom. The first-order chi connectivity index (χ1) is 15.2. The van der Waals surface area contributed by atoms with Crippen LogP contribution in [-0.2, 0) is 14.3 Å². The summed E-state index contributed by atoms with van der Waals surface area (Å²) < 4.78 is 5.39. The van der Waals surface area contributed by atoms with Gasteiger partial charge in [0.1, 0.15) is 0 Å². The molecule has 0 bridgehead atoms. The molecule has 162 valence electrons. The van der Waals surface area contributed by atoms with Crippen molar-refractivity contribution in [2.45, 2.75) is 34.6 Å². The van der Waals surface area contributed by atoms with Gasteiger partial charge in [-0.3, -0.25) is 9.69 Å². The normalized spacial score (nSPS) is 14.5. The number of thiazole rings is 1. The Labute approximate surface area is 190 Å². The minimum atomic E-state index is -0.521. The van der Waals surface area contributed by atoms with Crippen molar-refractivity contribution in [2.75, 3.05) is 4.90 Å². The molecule has 0 fully saturated rings. The van der Waals surface area contributed by atoms with Crippen molar-refractivity contribution in [1.29, 1.82) is 0 Å². The van der Waals surface area contributed by atoms with Gasteiger partial charge in [0.05, 0.1) is 11.4 Å². The monoisotopic (exact) mass is 445 g/mol. The lowest BCUT2D eigenvalue weighted by Crippen LogP contribution is -2.24. The zero-order valence-corrected chi connectivity index (χ0v) is 19.4. The number of hydrogen-bond acceptors (Lipinski definition) is 6. The highest BCUT2D eigenvalue weighted by atomic mass is 32.1. The summed E-state index contributed by atoms with van der Waals surface area (Å²) in [6.45, 7) is 9.41. The maximum Gasteiger partial charge on any atom is 0.363 e. The third-order valence-electron chi connectivity index (χ3n) is 5.05. The van der Waals surface area contributed by atoms with Gasteiger partial charge in [0, 0.05) is 17.9 Å². The van der Waals surface area contributed by atoms with E-state index >= 15 is 0 Å². The molecule has 2 heterocycles. The van der Waals surface area contributed by atoms with Crippen molar-refractivity contribution < 1.29 is 14.3 Å². The second kappa shape index (κ2) is 8.51. The predicted molar refractivity (Wildman–Crippen MR) is 127 cm³/mol. The van der Waals surface area contributed by atoms with Gasteiger partial charge in [-0.15, -0.1) is 11.3 Å². The quantitative estimate of drug-likeness (QED) is 0.398. The molecule has 0 spiro atoms. The minimum Gasteiger partial charge on any atom is -0.402 e. The number of ether oxygens (including phenoxy) is 1. The van der Waals surface area contributed by atoms with Crippen LogP contribution < -0.4 is 4.90 Å². The standard InChI is InChI=1S/C25H23N3O3S/c1-14-9-15(2)11-19(10-14)23-27-21(24(30)31-23)12-20-13-32-25(26-20)28(18(5)29)22-16(3)7-6-8-17(22)4/h6-13H,1-5H3. The lowest BCUT2D eigenvalue weighted by Gasteiger charge is -2.22. The van der Waals surface area contributed by atoms with Crippen LogP contribution in [0.3, 0.4) is 0 Å². The van der Waals surface area contributed by atoms with Crippen LogP contribution in [0.25, 0.3) is 6.08 Å². The van der Waals surface area contributed by atoms with Crippen LogP contribution in [0.5, 0.6) is 0 Å². The van der Waals surface area contributed by atoms with E-state index in [2.05, 4.69) is 9.98 Å². The number of carbonyl (C=O) groups excluding carboxylic acids is 2. The number of amides is 1. The molecule has 0 atom stereocenters. The summed E-state index contributed by atoms with van der Waals surface area (Å²) in [5, 5.41) is 2.33. The van der Waals surface area contributed by atoms with Crippen LogP contribution in [0, 0.1) is 27.7 Å². The highest BCUT2D eigenvalue weighted by Gasteiger charge is 2.26. The van der Waals surface area contributed by atoms with Gasteiger partial charge in [-0.2, -0.15) is 0 Å². The zero-order valence-electron chi connectivity index (χ0n) is 18.6. The molecule has 32 heavy (non-hydrogen) atoms. The summed E-state index contributed by atoms with van der Waals surface area (Å²) in [5.74, 6) is -0.373. The van der Waals surface area contributed by atoms with Gasteiger partial charge in [0.25, 0.3) is 0 Å². The van der Waals surface area contributed by atoms with Crippen molar-refractivity contribution in [3.8, 4) is 0 Å². The SMILES string of the molecule is CC(=O)N(c1nc(C=C2N=C(c3cc(C)cc(C)c3)OC2=O)cs1)c1c(C)cccc1C. The fraction of sp³-hybridized carbons (Fsp3) is 0.200. The lowest BCUT2D eigenvalue weighted by atomic mass is 10.1. The van der Waals surface area contributed by atoms with Crippen molar-refractivity contribution >= 4 is 46.0 Å². The number of esters is 1. The number of para-hydroxylation sites is 1.